The Hall–Kier alpha value is -0.450. The van der Waals surface area contributed by atoms with Crippen molar-refractivity contribution in [3.05, 3.63) is 34.1 Å². The minimum atomic E-state index is -0.233. The first kappa shape index (κ1) is 12.0. The molecular formula is C12H15BrFNO. The molecule has 16 heavy (non-hydrogen) atoms. The van der Waals surface area contributed by atoms with E-state index in [0.717, 1.165) is 25.3 Å². The average Bonchev–Trinajstić information content (AvgIpc) is 2.77. The molecule has 2 rings (SSSR count). The Balaban J connectivity index is 1.82. The number of ether oxygens (including phenoxy) is 1. The van der Waals surface area contributed by atoms with Crippen LogP contribution in [-0.2, 0) is 11.3 Å². The molecule has 1 aromatic carbocycles. The Labute approximate surface area is 103 Å². The lowest BCUT2D eigenvalue weighted by Gasteiger charge is -2.10. The van der Waals surface area contributed by atoms with Crippen LogP contribution in [0.3, 0.4) is 0 Å². The number of halogens is 2. The van der Waals surface area contributed by atoms with Gasteiger partial charge in [-0.3, -0.25) is 0 Å². The highest BCUT2D eigenvalue weighted by molar-refractivity contribution is 9.10. The molecule has 1 N–H and O–H groups in total. The summed E-state index contributed by atoms with van der Waals surface area (Å²) in [6, 6.07) is 5.02. The molecule has 2 nitrogen and oxygen atoms in total. The lowest BCUT2D eigenvalue weighted by atomic mass is 10.1. The lowest BCUT2D eigenvalue weighted by Crippen LogP contribution is -2.13. The summed E-state index contributed by atoms with van der Waals surface area (Å²) in [6.07, 6.45) is 1.17. The van der Waals surface area contributed by atoms with E-state index in [0.29, 0.717) is 17.0 Å². The molecule has 0 amide bonds. The fraction of sp³-hybridized carbons (Fsp3) is 0.500. The Morgan fingerprint density at radius 1 is 1.50 bits per heavy atom. The van der Waals surface area contributed by atoms with Crippen molar-refractivity contribution in [2.75, 3.05) is 19.7 Å². The molecule has 1 unspecified atom stereocenters. The Bertz CT molecular complexity index is 353. The van der Waals surface area contributed by atoms with Gasteiger partial charge in [0.2, 0.25) is 0 Å². The van der Waals surface area contributed by atoms with E-state index in [1.165, 1.54) is 12.5 Å². The number of hydrogen-bond donors (Lipinski definition) is 1. The highest BCUT2D eigenvalue weighted by atomic mass is 79.9. The van der Waals surface area contributed by atoms with Gasteiger partial charge in [0.05, 0.1) is 17.7 Å². The van der Waals surface area contributed by atoms with Crippen molar-refractivity contribution in [1.29, 1.82) is 0 Å². The topological polar surface area (TPSA) is 21.3 Å². The van der Waals surface area contributed by atoms with Gasteiger partial charge in [0.25, 0.3) is 0 Å². The standard InChI is InChI=1S/C12H15BrFNO/c13-12-10(2-1-3-11(12)14)8-16-7-9-4-5-15-6-9/h1-3,9,15H,4-8H2. The van der Waals surface area contributed by atoms with Gasteiger partial charge in [0, 0.05) is 6.54 Å². The van der Waals surface area contributed by atoms with E-state index in [1.807, 2.05) is 6.07 Å². The van der Waals surface area contributed by atoms with Crippen LogP contribution < -0.4 is 5.32 Å². The first-order valence-electron chi connectivity index (χ1n) is 5.48. The van der Waals surface area contributed by atoms with Gasteiger partial charge >= 0.3 is 0 Å². The molecule has 0 bridgehead atoms. The van der Waals surface area contributed by atoms with E-state index in [2.05, 4.69) is 21.2 Å². The van der Waals surface area contributed by atoms with Crippen molar-refractivity contribution in [1.82, 2.24) is 5.32 Å². The SMILES string of the molecule is Fc1cccc(COCC2CCNC2)c1Br. The van der Waals surface area contributed by atoms with E-state index in [9.17, 15) is 4.39 Å². The second kappa shape index (κ2) is 5.75. The Kier molecular flexibility index (Phi) is 4.32. The summed E-state index contributed by atoms with van der Waals surface area (Å²) in [7, 11) is 0. The number of nitrogens with one attached hydrogen (secondary N) is 1. The summed E-state index contributed by atoms with van der Waals surface area (Å²) in [5.41, 5.74) is 0.867. The van der Waals surface area contributed by atoms with Crippen molar-refractivity contribution in [2.24, 2.45) is 5.92 Å². The molecule has 1 atom stereocenters. The molecule has 0 saturated carbocycles. The average molecular weight is 288 g/mol. The van der Waals surface area contributed by atoms with Crippen molar-refractivity contribution in [3.63, 3.8) is 0 Å². The van der Waals surface area contributed by atoms with Gasteiger partial charge in [-0.05, 0) is 46.4 Å². The molecule has 0 spiro atoms. The summed E-state index contributed by atoms with van der Waals surface area (Å²) < 4.78 is 19.3. The van der Waals surface area contributed by atoms with Gasteiger partial charge in [-0.25, -0.2) is 4.39 Å². The summed E-state index contributed by atoms with van der Waals surface area (Å²) in [4.78, 5) is 0. The quantitative estimate of drug-likeness (QED) is 0.919. The van der Waals surface area contributed by atoms with Gasteiger partial charge in [0.1, 0.15) is 5.82 Å². The molecule has 88 valence electrons. The molecule has 1 aliphatic heterocycles. The van der Waals surface area contributed by atoms with Gasteiger partial charge in [0.15, 0.2) is 0 Å². The highest BCUT2D eigenvalue weighted by Crippen LogP contribution is 2.21. The molecule has 1 aromatic rings. The zero-order chi connectivity index (χ0) is 11.4. The van der Waals surface area contributed by atoms with E-state index in [1.54, 1.807) is 6.07 Å². The highest BCUT2D eigenvalue weighted by Gasteiger charge is 2.14. The van der Waals surface area contributed by atoms with Crippen molar-refractivity contribution in [3.8, 4) is 0 Å². The van der Waals surface area contributed by atoms with Crippen LogP contribution in [0, 0.1) is 11.7 Å². The van der Waals surface area contributed by atoms with Crippen molar-refractivity contribution in [2.45, 2.75) is 13.0 Å². The van der Waals surface area contributed by atoms with E-state index >= 15 is 0 Å². The molecule has 1 fully saturated rings. The molecule has 1 saturated heterocycles. The maximum absolute atomic E-state index is 13.2. The van der Waals surface area contributed by atoms with E-state index < -0.39 is 0 Å². The van der Waals surface area contributed by atoms with Gasteiger partial charge < -0.3 is 10.1 Å². The first-order valence-corrected chi connectivity index (χ1v) is 6.28. The van der Waals surface area contributed by atoms with Crippen LogP contribution in [0.15, 0.2) is 22.7 Å². The van der Waals surface area contributed by atoms with Gasteiger partial charge in [-0.15, -0.1) is 0 Å². The predicted molar refractivity (Wildman–Crippen MR) is 64.7 cm³/mol. The second-order valence-corrected chi connectivity index (χ2v) is 4.88. The molecule has 0 aliphatic carbocycles. The summed E-state index contributed by atoms with van der Waals surface area (Å²) in [5, 5.41) is 3.29. The smallest absolute Gasteiger partial charge is 0.137 e. The predicted octanol–water partition coefficient (Wildman–Crippen LogP) is 2.71. The van der Waals surface area contributed by atoms with Crippen LogP contribution in [0.5, 0.6) is 0 Å². The minimum Gasteiger partial charge on any atom is -0.376 e. The summed E-state index contributed by atoms with van der Waals surface area (Å²) in [5.74, 6) is 0.371. The minimum absolute atomic E-state index is 0.233. The van der Waals surface area contributed by atoms with Crippen molar-refractivity contribution < 1.29 is 9.13 Å². The fourth-order valence-electron chi connectivity index (χ4n) is 1.85. The molecule has 1 aliphatic rings. The monoisotopic (exact) mass is 287 g/mol. The van der Waals surface area contributed by atoms with Crippen LogP contribution in [0.25, 0.3) is 0 Å². The third-order valence-electron chi connectivity index (χ3n) is 2.81. The second-order valence-electron chi connectivity index (χ2n) is 4.09. The van der Waals surface area contributed by atoms with Crippen LogP contribution in [0.1, 0.15) is 12.0 Å². The number of rotatable bonds is 4. The Morgan fingerprint density at radius 3 is 3.12 bits per heavy atom. The van der Waals surface area contributed by atoms with E-state index in [4.69, 9.17) is 4.74 Å². The molecule has 0 radical (unpaired) electrons. The maximum Gasteiger partial charge on any atom is 0.137 e. The molecule has 1 heterocycles. The fourth-order valence-corrected chi connectivity index (χ4v) is 2.23. The normalized spacial score (nSPS) is 20.2. The van der Waals surface area contributed by atoms with E-state index in [-0.39, 0.29) is 5.82 Å². The first-order chi connectivity index (χ1) is 7.77. The number of hydrogen-bond acceptors (Lipinski definition) is 2. The molecule has 4 heteroatoms. The zero-order valence-electron chi connectivity index (χ0n) is 9.01. The third kappa shape index (κ3) is 3.03. The summed E-state index contributed by atoms with van der Waals surface area (Å²) >= 11 is 3.23. The van der Waals surface area contributed by atoms with Crippen molar-refractivity contribution >= 4 is 15.9 Å². The van der Waals surface area contributed by atoms with Gasteiger partial charge in [-0.2, -0.15) is 0 Å². The largest absolute Gasteiger partial charge is 0.376 e. The third-order valence-corrected chi connectivity index (χ3v) is 3.69. The van der Waals surface area contributed by atoms with Gasteiger partial charge in [-0.1, -0.05) is 12.1 Å². The van der Waals surface area contributed by atoms with Crippen LogP contribution in [-0.4, -0.2) is 19.7 Å². The summed E-state index contributed by atoms with van der Waals surface area (Å²) in [6.45, 7) is 3.33. The Morgan fingerprint density at radius 2 is 2.38 bits per heavy atom. The van der Waals surface area contributed by atoms with Crippen LogP contribution in [0.4, 0.5) is 4.39 Å². The lowest BCUT2D eigenvalue weighted by molar-refractivity contribution is 0.0919. The molecular weight excluding hydrogens is 273 g/mol. The van der Waals surface area contributed by atoms with Crippen LogP contribution in [0.2, 0.25) is 0 Å². The molecule has 0 aromatic heterocycles. The zero-order valence-corrected chi connectivity index (χ0v) is 10.6. The maximum atomic E-state index is 13.2. The van der Waals surface area contributed by atoms with Crippen LogP contribution >= 0.6 is 15.9 Å². The number of benzene rings is 1.